The Balaban J connectivity index is 2.11. The number of rotatable bonds is 2. The molecule has 0 bridgehead atoms. The minimum atomic E-state index is -0.640. The first-order chi connectivity index (χ1) is 5.68. The Morgan fingerprint density at radius 2 is 2.42 bits per heavy atom. The molecule has 12 heavy (non-hydrogen) atoms. The molecule has 1 N–H and O–H groups in total. The predicted molar refractivity (Wildman–Crippen MR) is 42.9 cm³/mol. The summed E-state index contributed by atoms with van der Waals surface area (Å²) in [6.45, 7) is 1.96. The minimum absolute atomic E-state index is 0.259. The third-order valence-electron chi connectivity index (χ3n) is 3.32. The molecule has 2 rings (SSSR count). The molecule has 3 unspecified atom stereocenters. The van der Waals surface area contributed by atoms with Crippen LogP contribution in [0.25, 0.3) is 0 Å². The van der Waals surface area contributed by atoms with E-state index in [4.69, 9.17) is 9.84 Å². The Morgan fingerprint density at radius 1 is 1.67 bits per heavy atom. The van der Waals surface area contributed by atoms with Gasteiger partial charge in [-0.15, -0.1) is 0 Å². The Kier molecular flexibility index (Phi) is 1.65. The topological polar surface area (TPSA) is 49.8 Å². The van der Waals surface area contributed by atoms with Crippen molar-refractivity contribution in [2.24, 2.45) is 5.41 Å². The highest BCUT2D eigenvalue weighted by Gasteiger charge is 2.53. The smallest absolute Gasteiger partial charge is 0.309 e. The molecule has 0 aromatic carbocycles. The normalized spacial score (nSPS) is 45.1. The van der Waals surface area contributed by atoms with Crippen LogP contribution in [0.3, 0.4) is 0 Å². The van der Waals surface area contributed by atoms with Crippen LogP contribution in [-0.4, -0.2) is 23.3 Å². The highest BCUT2D eigenvalue weighted by Crippen LogP contribution is 2.48. The summed E-state index contributed by atoms with van der Waals surface area (Å²) >= 11 is 0. The van der Waals surface area contributed by atoms with E-state index >= 15 is 0 Å². The lowest BCUT2D eigenvalue weighted by Crippen LogP contribution is -2.35. The van der Waals surface area contributed by atoms with Crippen molar-refractivity contribution in [3.8, 4) is 0 Å². The zero-order valence-corrected chi connectivity index (χ0v) is 7.25. The van der Waals surface area contributed by atoms with Crippen LogP contribution >= 0.6 is 0 Å². The molecule has 3 nitrogen and oxygen atoms in total. The highest BCUT2D eigenvalue weighted by molar-refractivity contribution is 5.75. The number of carbonyl (C=O) groups is 1. The van der Waals surface area contributed by atoms with Gasteiger partial charge in [0.1, 0.15) is 0 Å². The standard InChI is InChI=1S/C9H14O3/c1-2-9(8(10)11)4-3-6-7(5-9)12-6/h6-7H,2-5H2,1H3,(H,10,11). The van der Waals surface area contributed by atoms with E-state index in [1.165, 1.54) is 0 Å². The van der Waals surface area contributed by atoms with Gasteiger partial charge in [0.05, 0.1) is 17.6 Å². The number of hydrogen-bond acceptors (Lipinski definition) is 2. The lowest BCUT2D eigenvalue weighted by atomic mass is 9.72. The SMILES string of the molecule is CCC1(C(=O)O)CCC2OC2C1. The molecule has 1 aliphatic carbocycles. The van der Waals surface area contributed by atoms with E-state index in [0.717, 1.165) is 25.7 Å². The van der Waals surface area contributed by atoms with Crippen LogP contribution in [0.2, 0.25) is 0 Å². The van der Waals surface area contributed by atoms with Gasteiger partial charge in [0.25, 0.3) is 0 Å². The van der Waals surface area contributed by atoms with Crippen molar-refractivity contribution in [3.63, 3.8) is 0 Å². The van der Waals surface area contributed by atoms with Crippen molar-refractivity contribution >= 4 is 5.97 Å². The molecule has 68 valence electrons. The van der Waals surface area contributed by atoms with Gasteiger partial charge in [0, 0.05) is 0 Å². The van der Waals surface area contributed by atoms with E-state index in [-0.39, 0.29) is 6.10 Å². The lowest BCUT2D eigenvalue weighted by molar-refractivity contribution is -0.150. The molecule has 3 heteroatoms. The van der Waals surface area contributed by atoms with Crippen LogP contribution in [-0.2, 0) is 9.53 Å². The summed E-state index contributed by atoms with van der Waals surface area (Å²) in [5.74, 6) is -0.640. The van der Waals surface area contributed by atoms with E-state index in [1.54, 1.807) is 0 Å². The van der Waals surface area contributed by atoms with Crippen molar-refractivity contribution in [2.45, 2.75) is 44.8 Å². The van der Waals surface area contributed by atoms with Gasteiger partial charge < -0.3 is 9.84 Å². The zero-order valence-electron chi connectivity index (χ0n) is 7.25. The van der Waals surface area contributed by atoms with E-state index in [1.807, 2.05) is 6.92 Å². The second kappa shape index (κ2) is 2.46. The van der Waals surface area contributed by atoms with Gasteiger partial charge in [0.15, 0.2) is 0 Å². The first-order valence-corrected chi connectivity index (χ1v) is 4.57. The fourth-order valence-electron chi connectivity index (χ4n) is 2.18. The molecule has 0 aromatic rings. The Labute approximate surface area is 71.7 Å². The molecular weight excluding hydrogens is 156 g/mol. The van der Waals surface area contributed by atoms with Gasteiger partial charge in [-0.2, -0.15) is 0 Å². The third-order valence-corrected chi connectivity index (χ3v) is 3.32. The Bertz CT molecular complexity index is 214. The summed E-state index contributed by atoms with van der Waals surface area (Å²) in [5, 5.41) is 9.07. The summed E-state index contributed by atoms with van der Waals surface area (Å²) in [6, 6.07) is 0. The number of ether oxygens (including phenoxy) is 1. The molecule has 0 spiro atoms. The molecule has 1 heterocycles. The molecule has 3 atom stereocenters. The molecule has 1 saturated carbocycles. The third kappa shape index (κ3) is 1.04. The van der Waals surface area contributed by atoms with E-state index < -0.39 is 11.4 Å². The average Bonchev–Trinajstić information content (AvgIpc) is 2.80. The van der Waals surface area contributed by atoms with Gasteiger partial charge in [-0.1, -0.05) is 6.92 Å². The molecule has 2 aliphatic rings. The lowest BCUT2D eigenvalue weighted by Gasteiger charge is -2.29. The van der Waals surface area contributed by atoms with Gasteiger partial charge in [-0.25, -0.2) is 0 Å². The number of aliphatic carboxylic acids is 1. The van der Waals surface area contributed by atoms with Crippen LogP contribution in [0.5, 0.6) is 0 Å². The van der Waals surface area contributed by atoms with Crippen LogP contribution in [0.1, 0.15) is 32.6 Å². The molecule has 1 aliphatic heterocycles. The number of carboxylic acids is 1. The zero-order chi connectivity index (χ0) is 8.77. The van der Waals surface area contributed by atoms with E-state index in [0.29, 0.717) is 6.10 Å². The van der Waals surface area contributed by atoms with Crippen LogP contribution < -0.4 is 0 Å². The van der Waals surface area contributed by atoms with Gasteiger partial charge in [0.2, 0.25) is 0 Å². The van der Waals surface area contributed by atoms with Crippen LogP contribution in [0, 0.1) is 5.41 Å². The molecule has 2 fully saturated rings. The largest absolute Gasteiger partial charge is 0.481 e. The van der Waals surface area contributed by atoms with Gasteiger partial charge in [-0.05, 0) is 25.7 Å². The van der Waals surface area contributed by atoms with Crippen molar-refractivity contribution in [2.75, 3.05) is 0 Å². The maximum atomic E-state index is 11.0. The Hall–Kier alpha value is -0.570. The molecule has 0 radical (unpaired) electrons. The fourth-order valence-corrected chi connectivity index (χ4v) is 2.18. The summed E-state index contributed by atoms with van der Waals surface area (Å²) in [6.07, 6.45) is 3.84. The number of fused-ring (bicyclic) bond motifs is 1. The van der Waals surface area contributed by atoms with Crippen molar-refractivity contribution in [3.05, 3.63) is 0 Å². The van der Waals surface area contributed by atoms with Gasteiger partial charge >= 0.3 is 5.97 Å². The fraction of sp³-hybridized carbons (Fsp3) is 0.889. The summed E-state index contributed by atoms with van der Waals surface area (Å²) in [5.41, 5.74) is -0.475. The monoisotopic (exact) mass is 170 g/mol. The number of hydrogen-bond donors (Lipinski definition) is 1. The van der Waals surface area contributed by atoms with Crippen LogP contribution in [0.15, 0.2) is 0 Å². The summed E-state index contributed by atoms with van der Waals surface area (Å²) in [4.78, 5) is 11.0. The van der Waals surface area contributed by atoms with E-state index in [2.05, 4.69) is 0 Å². The maximum absolute atomic E-state index is 11.0. The average molecular weight is 170 g/mol. The molecule has 0 amide bonds. The maximum Gasteiger partial charge on any atom is 0.309 e. The highest BCUT2D eigenvalue weighted by atomic mass is 16.6. The predicted octanol–water partition coefficient (Wildman–Crippen LogP) is 1.42. The van der Waals surface area contributed by atoms with Crippen molar-refractivity contribution in [1.82, 2.24) is 0 Å². The molecule has 1 saturated heterocycles. The van der Waals surface area contributed by atoms with Crippen molar-refractivity contribution < 1.29 is 14.6 Å². The first-order valence-electron chi connectivity index (χ1n) is 4.57. The minimum Gasteiger partial charge on any atom is -0.481 e. The summed E-state index contributed by atoms with van der Waals surface area (Å²) < 4.78 is 5.32. The summed E-state index contributed by atoms with van der Waals surface area (Å²) in [7, 11) is 0. The quantitative estimate of drug-likeness (QED) is 0.637. The van der Waals surface area contributed by atoms with E-state index in [9.17, 15) is 4.79 Å². The van der Waals surface area contributed by atoms with Crippen molar-refractivity contribution in [1.29, 1.82) is 0 Å². The number of epoxide rings is 1. The molecule has 0 aromatic heterocycles. The number of carboxylic acid groups (broad SMARTS) is 1. The van der Waals surface area contributed by atoms with Gasteiger partial charge in [-0.3, -0.25) is 4.79 Å². The Morgan fingerprint density at radius 3 is 2.92 bits per heavy atom. The van der Waals surface area contributed by atoms with Crippen LogP contribution in [0.4, 0.5) is 0 Å². The second-order valence-corrected chi connectivity index (χ2v) is 3.89. The molecular formula is C9H14O3. The first kappa shape index (κ1) is 8.05. The second-order valence-electron chi connectivity index (χ2n) is 3.89.